The van der Waals surface area contributed by atoms with Crippen molar-refractivity contribution in [1.29, 1.82) is 0 Å². The van der Waals surface area contributed by atoms with Crippen LogP contribution in [0.5, 0.6) is 0 Å². The summed E-state index contributed by atoms with van der Waals surface area (Å²) in [6.45, 7) is 3.94. The standard InChI is InChI=1S/C72H114NO8P/c1-6-8-10-12-14-16-18-20-22-24-26-28-30-32-34-35-36-37-39-41-43-45-47-49-51-53-55-57-59-61-63-65-72(75)81-70(69-80-82(76,77)79-67-66-73(3,4)5)68-78-71(74)64-62-60-58-56-54-52-50-48-46-44-42-40-38-33-31-29-27-25-23-21-19-17-15-13-11-9-7-2/h8-11,14-17,20-23,26-29,32-34,36-38,41-44,47-50,70H,6-7,12-13,18-19,24-25,30-31,35,39-40,45-46,51-69H2,1-5H3/b10-8-,11-9-,16-14-,17-15-,22-20-,23-21-,28-26-,29-27-,34-32-,37-36-,38-33-,43-41-,44-42-,49-47-,50-48-. The van der Waals surface area contributed by atoms with Gasteiger partial charge in [0.05, 0.1) is 27.7 Å². The predicted molar refractivity (Wildman–Crippen MR) is 350 cm³/mol. The molecule has 0 N–H and O–H groups in total. The molecule has 0 saturated heterocycles. The van der Waals surface area contributed by atoms with Gasteiger partial charge in [-0.15, -0.1) is 0 Å². The predicted octanol–water partition coefficient (Wildman–Crippen LogP) is 19.7. The Morgan fingerprint density at radius 3 is 0.976 bits per heavy atom. The van der Waals surface area contributed by atoms with E-state index in [2.05, 4.69) is 196 Å². The molecule has 0 fully saturated rings. The first kappa shape index (κ1) is 77.1. The van der Waals surface area contributed by atoms with E-state index in [9.17, 15) is 19.0 Å². The number of phosphoric acid groups is 1. The second kappa shape index (κ2) is 60.7. The molecule has 0 spiro atoms. The van der Waals surface area contributed by atoms with Crippen molar-refractivity contribution in [3.63, 3.8) is 0 Å². The Morgan fingerprint density at radius 1 is 0.378 bits per heavy atom. The van der Waals surface area contributed by atoms with Crippen LogP contribution < -0.4 is 4.89 Å². The Morgan fingerprint density at radius 2 is 0.659 bits per heavy atom. The minimum atomic E-state index is -4.66. The summed E-state index contributed by atoms with van der Waals surface area (Å²) in [5.74, 6) is -0.890. The van der Waals surface area contributed by atoms with Gasteiger partial charge in [-0.1, -0.05) is 241 Å². The van der Waals surface area contributed by atoms with E-state index in [0.717, 1.165) is 167 Å². The SMILES string of the molecule is CC/C=C\C/C=C\C/C=C\C/C=C\C/C=C\C/C=C\C/C=C\C/C=C\CCCCCCCCC(=O)OC(COC(=O)CCCCCCC/C=C\C/C=C\C/C=C\C/C=C\C/C=C\C/C=C\C/C=C\CC)COP(=O)([O-])OCC[N+](C)(C)C. The molecule has 0 heterocycles. The fraction of sp³-hybridized carbons (Fsp3) is 0.556. The van der Waals surface area contributed by atoms with Crippen LogP contribution in [0.2, 0.25) is 0 Å². The zero-order chi connectivity index (χ0) is 59.8. The number of hydrogen-bond acceptors (Lipinski definition) is 8. The molecule has 2 atom stereocenters. The number of likely N-dealkylation sites (N-methyl/N-ethyl adjacent to an activating group) is 1. The summed E-state index contributed by atoms with van der Waals surface area (Å²) in [5.41, 5.74) is 0. The van der Waals surface area contributed by atoms with Gasteiger partial charge in [0.1, 0.15) is 19.8 Å². The second-order valence-corrected chi connectivity index (χ2v) is 22.7. The van der Waals surface area contributed by atoms with Crippen molar-refractivity contribution in [3.8, 4) is 0 Å². The van der Waals surface area contributed by atoms with Gasteiger partial charge in [-0.05, 0) is 135 Å². The Hall–Kier alpha value is -4.89. The number of quaternary nitrogens is 1. The van der Waals surface area contributed by atoms with Crippen LogP contribution in [-0.4, -0.2) is 70.0 Å². The van der Waals surface area contributed by atoms with Crippen LogP contribution in [0.3, 0.4) is 0 Å². The monoisotopic (exact) mass is 1150 g/mol. The summed E-state index contributed by atoms with van der Waals surface area (Å²) in [6.07, 6.45) is 93.7. The van der Waals surface area contributed by atoms with E-state index in [-0.39, 0.29) is 26.1 Å². The Kier molecular flexibility index (Phi) is 57.1. The fourth-order valence-corrected chi connectivity index (χ4v) is 8.38. The van der Waals surface area contributed by atoms with Crippen LogP contribution in [0.15, 0.2) is 182 Å². The van der Waals surface area contributed by atoms with Crippen LogP contribution in [0, 0.1) is 0 Å². The molecule has 0 rings (SSSR count). The van der Waals surface area contributed by atoms with Crippen molar-refractivity contribution in [2.24, 2.45) is 0 Å². The number of allylic oxidation sites excluding steroid dienone is 30. The van der Waals surface area contributed by atoms with Crippen LogP contribution in [0.1, 0.15) is 206 Å². The van der Waals surface area contributed by atoms with Gasteiger partial charge in [0.15, 0.2) is 6.10 Å². The molecule has 0 radical (unpaired) electrons. The number of ether oxygens (including phenoxy) is 2. The largest absolute Gasteiger partial charge is 0.756 e. The van der Waals surface area contributed by atoms with Crippen LogP contribution >= 0.6 is 7.82 Å². The molecular formula is C72H114NO8P. The summed E-state index contributed by atoms with van der Waals surface area (Å²) in [6, 6.07) is 0. The zero-order valence-corrected chi connectivity index (χ0v) is 53.0. The molecule has 0 aromatic heterocycles. The highest BCUT2D eigenvalue weighted by Gasteiger charge is 2.22. The van der Waals surface area contributed by atoms with Crippen molar-refractivity contribution in [2.75, 3.05) is 47.5 Å². The van der Waals surface area contributed by atoms with Crippen molar-refractivity contribution in [2.45, 2.75) is 213 Å². The van der Waals surface area contributed by atoms with Gasteiger partial charge in [-0.25, -0.2) is 0 Å². The first-order chi connectivity index (χ1) is 40.0. The fourth-order valence-electron chi connectivity index (χ4n) is 7.65. The minimum Gasteiger partial charge on any atom is -0.756 e. The minimum absolute atomic E-state index is 0.0490. The topological polar surface area (TPSA) is 111 Å². The van der Waals surface area contributed by atoms with E-state index < -0.39 is 32.5 Å². The van der Waals surface area contributed by atoms with Gasteiger partial charge in [0, 0.05) is 12.8 Å². The first-order valence-corrected chi connectivity index (χ1v) is 33.0. The third-order valence-electron chi connectivity index (χ3n) is 12.4. The number of nitrogens with zero attached hydrogens (tertiary/aromatic N) is 1. The third-order valence-corrected chi connectivity index (χ3v) is 13.4. The van der Waals surface area contributed by atoms with Crippen molar-refractivity contribution < 1.29 is 42.1 Å². The normalized spacial score (nSPS) is 14.5. The molecule has 2 unspecified atom stereocenters. The van der Waals surface area contributed by atoms with Crippen LogP contribution in [-0.2, 0) is 32.7 Å². The Balaban J connectivity index is 4.28. The quantitative estimate of drug-likeness (QED) is 0.0195. The smallest absolute Gasteiger partial charge is 0.306 e. The lowest BCUT2D eigenvalue weighted by atomic mass is 10.1. The molecule has 0 aliphatic heterocycles. The molecule has 0 aliphatic carbocycles. The average Bonchev–Trinajstić information content (AvgIpc) is 3.46. The summed E-state index contributed by atoms with van der Waals surface area (Å²) < 4.78 is 34.2. The lowest BCUT2D eigenvalue weighted by molar-refractivity contribution is -0.870. The number of carbonyl (C=O) groups is 2. The third kappa shape index (κ3) is 64.3. The molecular weight excluding hydrogens is 1040 g/mol. The van der Waals surface area contributed by atoms with E-state index in [0.29, 0.717) is 23.9 Å². The maximum Gasteiger partial charge on any atom is 0.306 e. The van der Waals surface area contributed by atoms with E-state index in [1.54, 1.807) is 0 Å². The number of esters is 2. The highest BCUT2D eigenvalue weighted by atomic mass is 31.2. The van der Waals surface area contributed by atoms with Gasteiger partial charge in [0.25, 0.3) is 7.82 Å². The summed E-state index contributed by atoms with van der Waals surface area (Å²) in [5, 5.41) is 0. The lowest BCUT2D eigenvalue weighted by Gasteiger charge is -2.28. The molecule has 0 amide bonds. The second-order valence-electron chi connectivity index (χ2n) is 21.3. The Labute approximate surface area is 501 Å². The van der Waals surface area contributed by atoms with Crippen molar-refractivity contribution in [1.82, 2.24) is 0 Å². The van der Waals surface area contributed by atoms with Gasteiger partial charge in [-0.3, -0.25) is 14.2 Å². The summed E-state index contributed by atoms with van der Waals surface area (Å²) in [4.78, 5) is 38.0. The van der Waals surface area contributed by atoms with E-state index in [4.69, 9.17) is 18.5 Å². The lowest BCUT2D eigenvalue weighted by Crippen LogP contribution is -2.37. The molecule has 0 saturated carbocycles. The van der Waals surface area contributed by atoms with Crippen molar-refractivity contribution >= 4 is 19.8 Å². The number of hydrogen-bond donors (Lipinski definition) is 0. The highest BCUT2D eigenvalue weighted by Crippen LogP contribution is 2.38. The van der Waals surface area contributed by atoms with E-state index in [1.165, 1.54) is 0 Å². The Bertz CT molecular complexity index is 2030. The molecule has 82 heavy (non-hydrogen) atoms. The maximum atomic E-state index is 12.8. The molecule has 10 heteroatoms. The molecule has 0 aromatic carbocycles. The van der Waals surface area contributed by atoms with Gasteiger partial charge in [-0.2, -0.15) is 0 Å². The number of phosphoric ester groups is 1. The maximum absolute atomic E-state index is 12.8. The number of unbranched alkanes of at least 4 members (excludes halogenated alkanes) is 11. The van der Waals surface area contributed by atoms with Crippen molar-refractivity contribution in [3.05, 3.63) is 182 Å². The van der Waals surface area contributed by atoms with Crippen LogP contribution in [0.4, 0.5) is 0 Å². The van der Waals surface area contributed by atoms with E-state index >= 15 is 0 Å². The van der Waals surface area contributed by atoms with Gasteiger partial charge < -0.3 is 27.9 Å². The van der Waals surface area contributed by atoms with Crippen LogP contribution in [0.25, 0.3) is 0 Å². The molecule has 9 nitrogen and oxygen atoms in total. The number of carbonyl (C=O) groups excluding carboxylic acids is 2. The van der Waals surface area contributed by atoms with Gasteiger partial charge >= 0.3 is 11.9 Å². The number of rotatable bonds is 55. The molecule has 460 valence electrons. The van der Waals surface area contributed by atoms with E-state index in [1.807, 2.05) is 21.1 Å². The molecule has 0 aliphatic rings. The first-order valence-electron chi connectivity index (χ1n) is 31.5. The summed E-state index contributed by atoms with van der Waals surface area (Å²) >= 11 is 0. The summed E-state index contributed by atoms with van der Waals surface area (Å²) in [7, 11) is 1.11. The van der Waals surface area contributed by atoms with Gasteiger partial charge in [0.2, 0.25) is 0 Å². The highest BCUT2D eigenvalue weighted by molar-refractivity contribution is 7.45. The average molecular weight is 1150 g/mol. The zero-order valence-electron chi connectivity index (χ0n) is 52.1. The molecule has 0 aromatic rings. The molecule has 0 bridgehead atoms.